The molecule has 0 saturated carbocycles. The maximum absolute atomic E-state index is 12.5. The summed E-state index contributed by atoms with van der Waals surface area (Å²) in [7, 11) is 0. The van der Waals surface area contributed by atoms with E-state index in [0.717, 1.165) is 5.75 Å². The van der Waals surface area contributed by atoms with E-state index >= 15 is 0 Å². The van der Waals surface area contributed by atoms with Gasteiger partial charge in [-0.1, -0.05) is 25.1 Å². The number of carbonyl (C=O) groups is 2. The molecule has 0 saturated heterocycles. The third-order valence-electron chi connectivity index (χ3n) is 3.91. The molecule has 3 aromatic rings. The number of hydrogen-bond donors (Lipinski definition) is 1. The lowest BCUT2D eigenvalue weighted by Crippen LogP contribution is -2.32. The lowest BCUT2D eigenvalue weighted by atomic mass is 10.2. The van der Waals surface area contributed by atoms with Crippen molar-refractivity contribution in [3.8, 4) is 11.5 Å². The highest BCUT2D eigenvalue weighted by molar-refractivity contribution is 5.97. The number of hydrogen-bond acceptors (Lipinski definition) is 5. The molecule has 1 amide bonds. The number of nitrogens with one attached hydrogen (secondary N) is 1. The average molecular weight is 376 g/mol. The topological polar surface area (TPSA) is 77.5 Å². The van der Waals surface area contributed by atoms with Crippen molar-refractivity contribution in [3.05, 3.63) is 84.7 Å². The summed E-state index contributed by atoms with van der Waals surface area (Å²) in [5.74, 6) is 0.407. The van der Waals surface area contributed by atoms with E-state index in [4.69, 9.17) is 9.47 Å². The van der Waals surface area contributed by atoms with Crippen molar-refractivity contribution >= 4 is 17.6 Å². The number of carbonyl (C=O) groups excluding carboxylic acids is 2. The molecular formula is C22H20N2O4. The van der Waals surface area contributed by atoms with Gasteiger partial charge < -0.3 is 14.8 Å². The Morgan fingerprint density at radius 3 is 2.32 bits per heavy atom. The van der Waals surface area contributed by atoms with Crippen molar-refractivity contribution in [1.29, 1.82) is 0 Å². The molecule has 142 valence electrons. The van der Waals surface area contributed by atoms with Crippen LogP contribution in [-0.4, -0.2) is 23.0 Å². The number of benzene rings is 2. The summed E-state index contributed by atoms with van der Waals surface area (Å²) in [5, 5.41) is 2.75. The maximum atomic E-state index is 12.5. The minimum Gasteiger partial charge on any atom is -0.457 e. The Hall–Kier alpha value is -3.67. The van der Waals surface area contributed by atoms with E-state index in [1.807, 2.05) is 30.3 Å². The number of ether oxygens (including phenoxy) is 2. The van der Waals surface area contributed by atoms with Crippen molar-refractivity contribution in [3.63, 3.8) is 0 Å². The zero-order valence-corrected chi connectivity index (χ0v) is 15.4. The van der Waals surface area contributed by atoms with Crippen LogP contribution in [0.5, 0.6) is 11.5 Å². The lowest BCUT2D eigenvalue weighted by Gasteiger charge is -2.16. The van der Waals surface area contributed by atoms with Gasteiger partial charge in [0.1, 0.15) is 11.5 Å². The number of pyridine rings is 1. The number of amides is 1. The molecule has 6 nitrogen and oxygen atoms in total. The molecule has 1 unspecified atom stereocenters. The van der Waals surface area contributed by atoms with Crippen LogP contribution in [0.15, 0.2) is 79.1 Å². The molecule has 0 spiro atoms. The van der Waals surface area contributed by atoms with Crippen LogP contribution in [0.1, 0.15) is 23.7 Å². The molecule has 1 aromatic heterocycles. The zero-order valence-electron chi connectivity index (χ0n) is 15.4. The first-order chi connectivity index (χ1) is 13.7. The number of aromatic nitrogens is 1. The molecule has 2 aromatic carbocycles. The monoisotopic (exact) mass is 376 g/mol. The van der Waals surface area contributed by atoms with Crippen LogP contribution >= 0.6 is 0 Å². The molecule has 0 aliphatic carbocycles. The minimum atomic E-state index is -0.895. The smallest absolute Gasteiger partial charge is 0.340 e. The van der Waals surface area contributed by atoms with Crippen molar-refractivity contribution in [2.45, 2.75) is 19.4 Å². The Bertz CT molecular complexity index is 912. The fraction of sp³-hybridized carbons (Fsp3) is 0.136. The molecular weight excluding hydrogens is 356 g/mol. The van der Waals surface area contributed by atoms with Gasteiger partial charge in [0, 0.05) is 18.1 Å². The average Bonchev–Trinajstić information content (AvgIpc) is 2.74. The standard InChI is InChI=1S/C22H20N2O4/c1-2-20(28-22(26)16-7-6-14-23-15-16)21(25)24-17-10-12-19(13-11-17)27-18-8-4-3-5-9-18/h3-15,20H,2H2,1H3,(H,24,25). The highest BCUT2D eigenvalue weighted by atomic mass is 16.5. The Labute approximate surface area is 163 Å². The highest BCUT2D eigenvalue weighted by Crippen LogP contribution is 2.22. The second kappa shape index (κ2) is 9.32. The van der Waals surface area contributed by atoms with Crippen molar-refractivity contribution in [1.82, 2.24) is 4.98 Å². The van der Waals surface area contributed by atoms with Gasteiger partial charge >= 0.3 is 5.97 Å². The van der Waals surface area contributed by atoms with Crippen molar-refractivity contribution in [2.75, 3.05) is 5.32 Å². The molecule has 0 radical (unpaired) electrons. The van der Waals surface area contributed by atoms with Gasteiger partial charge in [0.15, 0.2) is 6.10 Å². The fourth-order valence-corrected chi connectivity index (χ4v) is 2.46. The number of anilines is 1. The Morgan fingerprint density at radius 2 is 1.68 bits per heavy atom. The second-order valence-corrected chi connectivity index (χ2v) is 5.97. The summed E-state index contributed by atoms with van der Waals surface area (Å²) >= 11 is 0. The second-order valence-electron chi connectivity index (χ2n) is 5.97. The summed E-state index contributed by atoms with van der Waals surface area (Å²) in [5.41, 5.74) is 0.887. The van der Waals surface area contributed by atoms with Gasteiger partial charge in [0.05, 0.1) is 5.56 Å². The first kappa shape index (κ1) is 19.1. The molecule has 3 rings (SSSR count). The van der Waals surface area contributed by atoms with E-state index in [1.165, 1.54) is 6.20 Å². The molecule has 1 N–H and O–H groups in total. The first-order valence-electron chi connectivity index (χ1n) is 8.90. The van der Waals surface area contributed by atoms with Crippen LogP contribution in [0, 0.1) is 0 Å². The third-order valence-corrected chi connectivity index (χ3v) is 3.91. The van der Waals surface area contributed by atoms with E-state index in [-0.39, 0.29) is 0 Å². The summed E-state index contributed by atoms with van der Waals surface area (Å²) in [4.78, 5) is 28.5. The Balaban J connectivity index is 1.58. The van der Waals surface area contributed by atoms with Gasteiger partial charge in [0.25, 0.3) is 5.91 Å². The van der Waals surface area contributed by atoms with E-state index < -0.39 is 18.0 Å². The molecule has 28 heavy (non-hydrogen) atoms. The normalized spacial score (nSPS) is 11.3. The van der Waals surface area contributed by atoms with Gasteiger partial charge in [-0.3, -0.25) is 9.78 Å². The van der Waals surface area contributed by atoms with E-state index in [0.29, 0.717) is 23.4 Å². The van der Waals surface area contributed by atoms with Crippen LogP contribution in [0.25, 0.3) is 0 Å². The maximum Gasteiger partial charge on any atom is 0.340 e. The molecule has 0 aliphatic heterocycles. The fourth-order valence-electron chi connectivity index (χ4n) is 2.46. The largest absolute Gasteiger partial charge is 0.457 e. The lowest BCUT2D eigenvalue weighted by molar-refractivity contribution is -0.124. The van der Waals surface area contributed by atoms with Crippen LogP contribution in [0.3, 0.4) is 0 Å². The number of rotatable bonds is 7. The SMILES string of the molecule is CCC(OC(=O)c1cccnc1)C(=O)Nc1ccc(Oc2ccccc2)cc1. The van der Waals surface area contributed by atoms with Gasteiger partial charge in [-0.25, -0.2) is 4.79 Å². The van der Waals surface area contributed by atoms with Crippen LogP contribution < -0.4 is 10.1 Å². The van der Waals surface area contributed by atoms with E-state index in [2.05, 4.69) is 10.3 Å². The quantitative estimate of drug-likeness (QED) is 0.617. The van der Waals surface area contributed by atoms with Crippen LogP contribution in [0.4, 0.5) is 5.69 Å². The first-order valence-corrected chi connectivity index (χ1v) is 8.90. The van der Waals surface area contributed by atoms with Crippen LogP contribution in [-0.2, 0) is 9.53 Å². The van der Waals surface area contributed by atoms with Gasteiger partial charge in [0.2, 0.25) is 0 Å². The Morgan fingerprint density at radius 1 is 0.964 bits per heavy atom. The molecule has 1 heterocycles. The van der Waals surface area contributed by atoms with E-state index in [9.17, 15) is 9.59 Å². The van der Waals surface area contributed by atoms with Crippen molar-refractivity contribution in [2.24, 2.45) is 0 Å². The summed E-state index contributed by atoms with van der Waals surface area (Å²) in [6, 6.07) is 19.6. The van der Waals surface area contributed by atoms with Crippen molar-refractivity contribution < 1.29 is 19.1 Å². The summed E-state index contributed by atoms with van der Waals surface area (Å²) < 4.78 is 11.0. The molecule has 0 aliphatic rings. The Kier molecular flexibility index (Phi) is 6.36. The summed E-state index contributed by atoms with van der Waals surface area (Å²) in [6.07, 6.45) is 2.42. The summed E-state index contributed by atoms with van der Waals surface area (Å²) in [6.45, 7) is 1.78. The predicted octanol–water partition coefficient (Wildman–Crippen LogP) is 4.45. The highest BCUT2D eigenvalue weighted by Gasteiger charge is 2.22. The minimum absolute atomic E-state index is 0.302. The van der Waals surface area contributed by atoms with E-state index in [1.54, 1.807) is 49.5 Å². The van der Waals surface area contributed by atoms with Gasteiger partial charge in [-0.2, -0.15) is 0 Å². The molecule has 6 heteroatoms. The zero-order chi connectivity index (χ0) is 19.8. The predicted molar refractivity (Wildman–Crippen MR) is 105 cm³/mol. The van der Waals surface area contributed by atoms with Gasteiger partial charge in [-0.05, 0) is 55.0 Å². The molecule has 0 bridgehead atoms. The molecule has 1 atom stereocenters. The van der Waals surface area contributed by atoms with Gasteiger partial charge in [-0.15, -0.1) is 0 Å². The molecule has 0 fully saturated rings. The third kappa shape index (κ3) is 5.17. The number of esters is 1. The van der Waals surface area contributed by atoms with Crippen LogP contribution in [0.2, 0.25) is 0 Å². The number of para-hydroxylation sites is 1. The number of nitrogens with zero attached hydrogens (tertiary/aromatic N) is 1.